The Kier molecular flexibility index (Phi) is 5.31. The summed E-state index contributed by atoms with van der Waals surface area (Å²) >= 11 is 0.873. The highest BCUT2D eigenvalue weighted by Crippen LogP contribution is 2.36. The predicted octanol–water partition coefficient (Wildman–Crippen LogP) is 4.31. The topological polar surface area (TPSA) is 103 Å². The summed E-state index contributed by atoms with van der Waals surface area (Å²) in [6.45, 7) is 2.27. The van der Waals surface area contributed by atoms with Gasteiger partial charge in [-0.25, -0.2) is 0 Å². The highest BCUT2D eigenvalue weighted by molar-refractivity contribution is 8.18. The standard InChI is InChI=1S/C18H16N2O6S/c1-3-8-19-17(21)16(27-18(19)22)10-12-5-7-14(26-12)13-6-4-11(20(23)24)9-15(13)25-2/h4-7,9-10H,3,8H2,1-2H3/b16-10+. The van der Waals surface area contributed by atoms with Crippen LogP contribution in [0.3, 0.4) is 0 Å². The van der Waals surface area contributed by atoms with Crippen molar-refractivity contribution in [3.63, 3.8) is 0 Å². The van der Waals surface area contributed by atoms with Gasteiger partial charge in [-0.15, -0.1) is 0 Å². The number of non-ortho nitro benzene ring substituents is 1. The summed E-state index contributed by atoms with van der Waals surface area (Å²) in [5, 5.41) is 10.6. The number of carbonyl (C=O) groups excluding carboxylic acids is 2. The lowest BCUT2D eigenvalue weighted by atomic mass is 10.1. The van der Waals surface area contributed by atoms with Gasteiger partial charge in [0.1, 0.15) is 17.3 Å². The van der Waals surface area contributed by atoms with E-state index in [1.165, 1.54) is 36.3 Å². The number of nitro groups is 1. The van der Waals surface area contributed by atoms with Crippen LogP contribution in [0.4, 0.5) is 10.5 Å². The molecule has 0 unspecified atom stereocenters. The molecule has 0 bridgehead atoms. The molecule has 1 aromatic heterocycles. The summed E-state index contributed by atoms with van der Waals surface area (Å²) in [6.07, 6.45) is 2.21. The number of amides is 2. The summed E-state index contributed by atoms with van der Waals surface area (Å²) in [4.78, 5) is 36.1. The Hall–Kier alpha value is -3.07. The van der Waals surface area contributed by atoms with Crippen LogP contribution >= 0.6 is 11.8 Å². The van der Waals surface area contributed by atoms with Crippen molar-refractivity contribution in [2.75, 3.05) is 13.7 Å². The number of carbonyl (C=O) groups is 2. The van der Waals surface area contributed by atoms with E-state index in [9.17, 15) is 19.7 Å². The van der Waals surface area contributed by atoms with E-state index in [-0.39, 0.29) is 16.8 Å². The maximum Gasteiger partial charge on any atom is 0.293 e. The first-order valence-electron chi connectivity index (χ1n) is 8.12. The maximum absolute atomic E-state index is 12.3. The van der Waals surface area contributed by atoms with Crippen molar-refractivity contribution >= 4 is 34.7 Å². The first kappa shape index (κ1) is 18.7. The second-order valence-electron chi connectivity index (χ2n) is 5.68. The molecule has 8 nitrogen and oxygen atoms in total. The van der Waals surface area contributed by atoms with Crippen molar-refractivity contribution in [2.24, 2.45) is 0 Å². The second-order valence-corrected chi connectivity index (χ2v) is 6.67. The zero-order chi connectivity index (χ0) is 19.6. The molecule has 1 aliphatic rings. The minimum Gasteiger partial charge on any atom is -0.496 e. The predicted molar refractivity (Wildman–Crippen MR) is 100 cm³/mol. The van der Waals surface area contributed by atoms with Crippen LogP contribution in [0.15, 0.2) is 39.7 Å². The van der Waals surface area contributed by atoms with Crippen molar-refractivity contribution in [3.05, 3.63) is 51.1 Å². The van der Waals surface area contributed by atoms with Crippen LogP contribution in [0.2, 0.25) is 0 Å². The molecule has 0 atom stereocenters. The third-order valence-electron chi connectivity index (χ3n) is 3.88. The maximum atomic E-state index is 12.3. The fraction of sp³-hybridized carbons (Fsp3) is 0.222. The molecule has 0 saturated carbocycles. The molecule has 1 fully saturated rings. The lowest BCUT2D eigenvalue weighted by Gasteiger charge is -2.09. The highest BCUT2D eigenvalue weighted by atomic mass is 32.2. The average Bonchev–Trinajstić information content (AvgIpc) is 3.21. The molecule has 9 heteroatoms. The third kappa shape index (κ3) is 3.72. The molecule has 1 aromatic carbocycles. The minimum absolute atomic E-state index is 0.0908. The van der Waals surface area contributed by atoms with Crippen molar-refractivity contribution in [1.29, 1.82) is 0 Å². The number of methoxy groups -OCH3 is 1. The van der Waals surface area contributed by atoms with E-state index in [2.05, 4.69) is 0 Å². The zero-order valence-electron chi connectivity index (χ0n) is 14.6. The number of nitrogens with zero attached hydrogens (tertiary/aromatic N) is 2. The molecule has 27 heavy (non-hydrogen) atoms. The van der Waals surface area contributed by atoms with Gasteiger partial charge in [0.15, 0.2) is 0 Å². The summed E-state index contributed by atoms with van der Waals surface area (Å²) in [7, 11) is 1.41. The Bertz CT molecular complexity index is 949. The quantitative estimate of drug-likeness (QED) is 0.413. The number of hydrogen-bond donors (Lipinski definition) is 0. The van der Waals surface area contributed by atoms with E-state index in [0.29, 0.717) is 40.7 Å². The number of hydrogen-bond acceptors (Lipinski definition) is 7. The van der Waals surface area contributed by atoms with Gasteiger partial charge in [0.05, 0.1) is 28.6 Å². The van der Waals surface area contributed by atoms with Gasteiger partial charge in [-0.1, -0.05) is 6.92 Å². The van der Waals surface area contributed by atoms with E-state index in [1.54, 1.807) is 12.1 Å². The van der Waals surface area contributed by atoms with Gasteiger partial charge in [0, 0.05) is 18.7 Å². The summed E-state index contributed by atoms with van der Waals surface area (Å²) < 4.78 is 10.9. The Morgan fingerprint density at radius 3 is 2.74 bits per heavy atom. The van der Waals surface area contributed by atoms with E-state index < -0.39 is 4.92 Å². The van der Waals surface area contributed by atoms with Crippen LogP contribution in [0.5, 0.6) is 5.75 Å². The van der Waals surface area contributed by atoms with Crippen LogP contribution in [-0.4, -0.2) is 34.6 Å². The van der Waals surface area contributed by atoms with Crippen LogP contribution in [0, 0.1) is 10.1 Å². The van der Waals surface area contributed by atoms with E-state index >= 15 is 0 Å². The summed E-state index contributed by atoms with van der Waals surface area (Å²) in [6, 6.07) is 7.54. The fourth-order valence-electron chi connectivity index (χ4n) is 2.62. The minimum atomic E-state index is -0.508. The lowest BCUT2D eigenvalue weighted by molar-refractivity contribution is -0.384. The molecule has 0 spiro atoms. The number of nitro benzene ring substituents is 1. The third-order valence-corrected chi connectivity index (χ3v) is 4.79. The number of rotatable bonds is 6. The van der Waals surface area contributed by atoms with E-state index in [4.69, 9.17) is 9.15 Å². The number of furan rings is 1. The lowest BCUT2D eigenvalue weighted by Crippen LogP contribution is -2.28. The molecule has 0 aliphatic carbocycles. The van der Waals surface area contributed by atoms with Gasteiger partial charge in [0.25, 0.3) is 16.8 Å². The average molecular weight is 388 g/mol. The van der Waals surface area contributed by atoms with Crippen LogP contribution in [-0.2, 0) is 4.79 Å². The van der Waals surface area contributed by atoms with Crippen molar-refractivity contribution in [2.45, 2.75) is 13.3 Å². The molecule has 1 saturated heterocycles. The van der Waals surface area contributed by atoms with Gasteiger partial charge >= 0.3 is 0 Å². The van der Waals surface area contributed by atoms with Gasteiger partial charge in [-0.05, 0) is 36.4 Å². The Balaban J connectivity index is 1.89. The first-order valence-corrected chi connectivity index (χ1v) is 8.94. The fourth-order valence-corrected chi connectivity index (χ4v) is 3.46. The zero-order valence-corrected chi connectivity index (χ0v) is 15.4. The molecule has 2 amide bonds. The molecule has 0 radical (unpaired) electrons. The Labute approximate surface area is 158 Å². The number of thioether (sulfide) groups is 1. The number of benzene rings is 1. The largest absolute Gasteiger partial charge is 0.496 e. The molecular formula is C18H16N2O6S. The number of ether oxygens (including phenoxy) is 1. The van der Waals surface area contributed by atoms with Crippen molar-refractivity contribution in [3.8, 4) is 17.1 Å². The van der Waals surface area contributed by atoms with Gasteiger partial charge in [-0.2, -0.15) is 0 Å². The molecule has 140 valence electrons. The Morgan fingerprint density at radius 2 is 2.07 bits per heavy atom. The van der Waals surface area contributed by atoms with Crippen molar-refractivity contribution in [1.82, 2.24) is 4.90 Å². The molecular weight excluding hydrogens is 372 g/mol. The molecule has 2 aromatic rings. The number of imide groups is 1. The monoisotopic (exact) mass is 388 g/mol. The van der Waals surface area contributed by atoms with Crippen LogP contribution in [0.25, 0.3) is 17.4 Å². The van der Waals surface area contributed by atoms with E-state index in [0.717, 1.165) is 11.8 Å². The van der Waals surface area contributed by atoms with E-state index in [1.807, 2.05) is 6.92 Å². The Morgan fingerprint density at radius 1 is 1.30 bits per heavy atom. The smallest absolute Gasteiger partial charge is 0.293 e. The van der Waals surface area contributed by atoms with Crippen LogP contribution < -0.4 is 4.74 Å². The first-order chi connectivity index (χ1) is 12.9. The SMILES string of the molecule is CCCN1C(=O)S/C(=C/c2ccc(-c3ccc([N+](=O)[O-])cc3OC)o2)C1=O. The second kappa shape index (κ2) is 7.67. The summed E-state index contributed by atoms with van der Waals surface area (Å²) in [5.41, 5.74) is 0.453. The summed E-state index contributed by atoms with van der Waals surface area (Å²) in [5.74, 6) is 0.791. The molecule has 1 aliphatic heterocycles. The van der Waals surface area contributed by atoms with Gasteiger partial charge in [-0.3, -0.25) is 24.6 Å². The van der Waals surface area contributed by atoms with Crippen molar-refractivity contribution < 1.29 is 23.7 Å². The van der Waals surface area contributed by atoms with Gasteiger partial charge < -0.3 is 9.15 Å². The molecule has 0 N–H and O–H groups in total. The van der Waals surface area contributed by atoms with Gasteiger partial charge in [0.2, 0.25) is 0 Å². The molecule has 2 heterocycles. The highest BCUT2D eigenvalue weighted by Gasteiger charge is 2.34. The molecule has 3 rings (SSSR count). The normalized spacial score (nSPS) is 15.6. The van der Waals surface area contributed by atoms with Crippen LogP contribution in [0.1, 0.15) is 19.1 Å².